The summed E-state index contributed by atoms with van der Waals surface area (Å²) in [6.45, 7) is -0.593. The predicted molar refractivity (Wildman–Crippen MR) is 91.5 cm³/mol. The van der Waals surface area contributed by atoms with Crippen LogP contribution in [0.15, 0.2) is 38.1 Å². The topological polar surface area (TPSA) is 143 Å². The first-order chi connectivity index (χ1) is 13.0. The van der Waals surface area contributed by atoms with Gasteiger partial charge in [0.1, 0.15) is 30.5 Å². The smallest absolute Gasteiger partial charge is 0.342 e. The van der Waals surface area contributed by atoms with Gasteiger partial charge in [0, 0.05) is 10.8 Å². The molecule has 1 aromatic carbocycles. The van der Waals surface area contributed by atoms with Crippen molar-refractivity contribution in [3.63, 3.8) is 0 Å². The highest BCUT2D eigenvalue weighted by atomic mass is 16.5. The fourth-order valence-electron chi connectivity index (χ4n) is 3.42. The van der Waals surface area contributed by atoms with E-state index in [2.05, 4.69) is 0 Å². The molecule has 0 amide bonds. The van der Waals surface area contributed by atoms with Crippen molar-refractivity contribution in [3.8, 4) is 5.75 Å². The van der Waals surface area contributed by atoms with Crippen molar-refractivity contribution in [3.05, 3.63) is 40.4 Å². The summed E-state index contributed by atoms with van der Waals surface area (Å²) in [5, 5.41) is 40.7. The lowest BCUT2D eigenvalue weighted by atomic mass is 9.91. The summed E-state index contributed by atoms with van der Waals surface area (Å²) < 4.78 is 21.5. The van der Waals surface area contributed by atoms with Crippen molar-refractivity contribution >= 4 is 21.9 Å². The van der Waals surface area contributed by atoms with Gasteiger partial charge >= 0.3 is 5.63 Å². The van der Waals surface area contributed by atoms with Crippen molar-refractivity contribution in [1.29, 1.82) is 0 Å². The van der Waals surface area contributed by atoms with Gasteiger partial charge in [0.15, 0.2) is 11.2 Å². The number of fused-ring (bicyclic) bond motifs is 2. The summed E-state index contributed by atoms with van der Waals surface area (Å²) in [7, 11) is 1.42. The zero-order valence-electron chi connectivity index (χ0n) is 14.2. The Morgan fingerprint density at radius 3 is 2.56 bits per heavy atom. The van der Waals surface area contributed by atoms with Crippen LogP contribution >= 0.6 is 0 Å². The van der Waals surface area contributed by atoms with Gasteiger partial charge in [-0.15, -0.1) is 0 Å². The molecule has 1 unspecified atom stereocenters. The second-order valence-corrected chi connectivity index (χ2v) is 6.41. The van der Waals surface area contributed by atoms with Crippen LogP contribution in [0.4, 0.5) is 0 Å². The molecule has 9 nitrogen and oxygen atoms in total. The fourth-order valence-corrected chi connectivity index (χ4v) is 3.42. The monoisotopic (exact) mass is 378 g/mol. The van der Waals surface area contributed by atoms with Crippen LogP contribution in [0.3, 0.4) is 0 Å². The Bertz CT molecular complexity index is 1030. The van der Waals surface area contributed by atoms with E-state index in [9.17, 15) is 25.2 Å². The number of methoxy groups -OCH3 is 1. The second-order valence-electron chi connectivity index (χ2n) is 6.41. The Labute approximate surface area is 152 Å². The molecule has 4 rings (SSSR count). The molecule has 1 saturated heterocycles. The third kappa shape index (κ3) is 2.71. The molecular formula is C18H18O9. The molecule has 0 bridgehead atoms. The molecule has 4 N–H and O–H groups in total. The molecule has 2 aromatic heterocycles. The average molecular weight is 378 g/mol. The number of aliphatic hydroxyl groups excluding tert-OH is 4. The maximum atomic E-state index is 12.6. The highest BCUT2D eigenvalue weighted by Crippen LogP contribution is 2.37. The van der Waals surface area contributed by atoms with Crippen molar-refractivity contribution in [2.45, 2.75) is 30.5 Å². The fraction of sp³-hybridized carbons (Fsp3) is 0.389. The van der Waals surface area contributed by atoms with Crippen molar-refractivity contribution in [2.75, 3.05) is 13.7 Å². The molecule has 1 fully saturated rings. The highest BCUT2D eigenvalue weighted by Gasteiger charge is 2.45. The van der Waals surface area contributed by atoms with E-state index in [0.29, 0.717) is 16.4 Å². The van der Waals surface area contributed by atoms with E-state index in [1.54, 1.807) is 12.1 Å². The van der Waals surface area contributed by atoms with E-state index in [1.807, 2.05) is 0 Å². The number of hydrogen-bond acceptors (Lipinski definition) is 9. The van der Waals surface area contributed by atoms with Gasteiger partial charge in [0.05, 0.1) is 25.5 Å². The minimum absolute atomic E-state index is 0.0516. The van der Waals surface area contributed by atoms with Crippen LogP contribution in [0.25, 0.3) is 21.9 Å². The highest BCUT2D eigenvalue weighted by molar-refractivity contribution is 6.00. The maximum Gasteiger partial charge on any atom is 0.342 e. The van der Waals surface area contributed by atoms with Crippen LogP contribution in [0.5, 0.6) is 5.75 Å². The maximum absolute atomic E-state index is 12.6. The number of furan rings is 1. The summed E-state index contributed by atoms with van der Waals surface area (Å²) in [4.78, 5) is 12.6. The van der Waals surface area contributed by atoms with Gasteiger partial charge < -0.3 is 38.7 Å². The molecule has 3 aromatic rings. The molecule has 0 spiro atoms. The van der Waals surface area contributed by atoms with E-state index >= 15 is 0 Å². The third-order valence-corrected chi connectivity index (χ3v) is 4.83. The van der Waals surface area contributed by atoms with Crippen LogP contribution < -0.4 is 10.4 Å². The number of rotatable bonds is 3. The Morgan fingerprint density at radius 2 is 1.85 bits per heavy atom. The molecule has 0 saturated carbocycles. The number of aliphatic hydroxyl groups is 4. The normalized spacial score (nSPS) is 28.7. The summed E-state index contributed by atoms with van der Waals surface area (Å²) in [6, 6.07) is 4.89. The number of ether oxygens (including phenoxy) is 2. The summed E-state index contributed by atoms with van der Waals surface area (Å²) in [6.07, 6.45) is -5.63. The van der Waals surface area contributed by atoms with Crippen LogP contribution in [-0.4, -0.2) is 58.6 Å². The summed E-state index contributed by atoms with van der Waals surface area (Å²) in [5.74, 6) is 0.255. The van der Waals surface area contributed by atoms with Crippen molar-refractivity contribution in [1.82, 2.24) is 0 Å². The zero-order chi connectivity index (χ0) is 19.3. The average Bonchev–Trinajstić information content (AvgIpc) is 3.12. The van der Waals surface area contributed by atoms with Gasteiger partial charge in [0.2, 0.25) is 5.75 Å². The first-order valence-electron chi connectivity index (χ1n) is 8.28. The van der Waals surface area contributed by atoms with Crippen LogP contribution in [0.2, 0.25) is 0 Å². The molecule has 0 radical (unpaired) electrons. The van der Waals surface area contributed by atoms with E-state index < -0.39 is 42.8 Å². The predicted octanol–water partition coefficient (Wildman–Crippen LogP) is 0.0627. The van der Waals surface area contributed by atoms with Gasteiger partial charge in [-0.3, -0.25) is 0 Å². The van der Waals surface area contributed by atoms with Crippen molar-refractivity contribution < 1.29 is 38.7 Å². The van der Waals surface area contributed by atoms with Gasteiger partial charge in [-0.1, -0.05) is 0 Å². The first-order valence-corrected chi connectivity index (χ1v) is 8.28. The van der Waals surface area contributed by atoms with Gasteiger partial charge in [-0.05, 0) is 18.2 Å². The van der Waals surface area contributed by atoms with E-state index in [1.165, 1.54) is 19.4 Å². The molecule has 27 heavy (non-hydrogen) atoms. The quantitative estimate of drug-likeness (QED) is 0.465. The summed E-state index contributed by atoms with van der Waals surface area (Å²) >= 11 is 0. The molecule has 3 heterocycles. The van der Waals surface area contributed by atoms with Crippen LogP contribution in [0.1, 0.15) is 11.7 Å². The molecule has 1 aliphatic heterocycles. The third-order valence-electron chi connectivity index (χ3n) is 4.83. The van der Waals surface area contributed by atoms with Gasteiger partial charge in [-0.2, -0.15) is 0 Å². The van der Waals surface area contributed by atoms with Gasteiger partial charge in [0.25, 0.3) is 0 Å². The van der Waals surface area contributed by atoms with Crippen LogP contribution in [0, 0.1) is 0 Å². The SMILES string of the molecule is COc1c2occc2cc2cc(C3O[C@H](CO)[C@@H](O)[C@H](O)[C@H]3O)c(=O)oc12. The number of benzene rings is 1. The van der Waals surface area contributed by atoms with Gasteiger partial charge in [-0.25, -0.2) is 4.79 Å². The lowest BCUT2D eigenvalue weighted by Gasteiger charge is -2.39. The first kappa shape index (κ1) is 18.0. The van der Waals surface area contributed by atoms with E-state index in [0.717, 1.165) is 0 Å². The minimum Gasteiger partial charge on any atom is -0.490 e. The Kier molecular flexibility index (Phi) is 4.41. The molecule has 144 valence electrons. The Hall–Kier alpha value is -2.43. The standard InChI is InChI=1S/C18H18O9/c1-24-17-14-7(2-3-25-14)4-8-5-9(18(23)27-15(8)17)16-13(22)12(21)11(20)10(6-19)26-16/h2-5,10-13,16,19-22H,6H2,1H3/t10-,11-,12+,13-,16?/m1/s1. The zero-order valence-corrected chi connectivity index (χ0v) is 14.2. The molecule has 1 aliphatic rings. The second kappa shape index (κ2) is 6.63. The minimum atomic E-state index is -1.60. The van der Waals surface area contributed by atoms with Crippen molar-refractivity contribution in [2.24, 2.45) is 0 Å². The molecule has 9 heteroatoms. The molecule has 0 aliphatic carbocycles. The van der Waals surface area contributed by atoms with E-state index in [4.69, 9.17) is 18.3 Å². The number of hydrogen-bond donors (Lipinski definition) is 4. The Balaban J connectivity index is 1.88. The molecular weight excluding hydrogens is 360 g/mol. The largest absolute Gasteiger partial charge is 0.490 e. The van der Waals surface area contributed by atoms with Crippen LogP contribution in [-0.2, 0) is 4.74 Å². The Morgan fingerprint density at radius 1 is 1.07 bits per heavy atom. The molecule has 5 atom stereocenters. The van der Waals surface area contributed by atoms with E-state index in [-0.39, 0.29) is 16.9 Å². The lowest BCUT2D eigenvalue weighted by Crippen LogP contribution is -2.55. The lowest BCUT2D eigenvalue weighted by molar-refractivity contribution is -0.232. The summed E-state index contributed by atoms with van der Waals surface area (Å²) in [5.41, 5.74) is -0.271.